The molecular formula is C13H9BrF2IN. The van der Waals surface area contributed by atoms with Crippen LogP contribution in [0.25, 0.3) is 0 Å². The molecule has 0 amide bonds. The minimum absolute atomic E-state index is 0.329. The molecule has 1 nitrogen and oxygen atoms in total. The van der Waals surface area contributed by atoms with E-state index in [2.05, 4.69) is 15.9 Å². The van der Waals surface area contributed by atoms with Gasteiger partial charge in [0.1, 0.15) is 11.6 Å². The Kier molecular flexibility index (Phi) is 4.34. The molecule has 1 atom stereocenters. The van der Waals surface area contributed by atoms with E-state index >= 15 is 0 Å². The molecule has 18 heavy (non-hydrogen) atoms. The van der Waals surface area contributed by atoms with Gasteiger partial charge in [0.2, 0.25) is 0 Å². The van der Waals surface area contributed by atoms with E-state index in [4.69, 9.17) is 5.73 Å². The smallest absolute Gasteiger partial charge is 0.142 e. The molecule has 2 N–H and O–H groups in total. The molecule has 0 aliphatic rings. The van der Waals surface area contributed by atoms with Crippen molar-refractivity contribution < 1.29 is 8.78 Å². The van der Waals surface area contributed by atoms with Crippen LogP contribution in [0.2, 0.25) is 0 Å². The molecule has 0 aromatic heterocycles. The number of nitrogens with two attached hydrogens (primary N) is 1. The molecule has 0 fully saturated rings. The van der Waals surface area contributed by atoms with E-state index in [0.29, 0.717) is 19.2 Å². The molecule has 5 heteroatoms. The lowest BCUT2D eigenvalue weighted by atomic mass is 9.99. The third kappa shape index (κ3) is 2.73. The van der Waals surface area contributed by atoms with Crippen LogP contribution in [0, 0.1) is 15.2 Å². The number of benzene rings is 2. The molecule has 0 radical (unpaired) electrons. The molecule has 0 saturated carbocycles. The Morgan fingerprint density at radius 1 is 1.11 bits per heavy atom. The molecule has 0 bridgehead atoms. The number of hydrogen-bond donors (Lipinski definition) is 1. The number of rotatable bonds is 2. The van der Waals surface area contributed by atoms with Gasteiger partial charge < -0.3 is 5.73 Å². The van der Waals surface area contributed by atoms with Crippen molar-refractivity contribution in [3.63, 3.8) is 0 Å². The average Bonchev–Trinajstić information content (AvgIpc) is 2.32. The van der Waals surface area contributed by atoms with Gasteiger partial charge in [0.15, 0.2) is 0 Å². The van der Waals surface area contributed by atoms with Crippen molar-refractivity contribution in [3.05, 3.63) is 67.2 Å². The Bertz CT molecular complexity index is 589. The van der Waals surface area contributed by atoms with Gasteiger partial charge in [-0.3, -0.25) is 0 Å². The van der Waals surface area contributed by atoms with E-state index in [1.807, 2.05) is 22.6 Å². The van der Waals surface area contributed by atoms with Gasteiger partial charge in [0.05, 0.1) is 10.5 Å². The highest BCUT2D eigenvalue weighted by Gasteiger charge is 2.17. The molecular weight excluding hydrogens is 415 g/mol. The molecule has 0 aliphatic carbocycles. The Balaban J connectivity index is 2.48. The van der Waals surface area contributed by atoms with Crippen molar-refractivity contribution in [3.8, 4) is 0 Å². The molecule has 2 aromatic rings. The standard InChI is InChI=1S/C13H9BrF2IN/c14-10-3-1-2-9(12(10)16)13(18)8-5-4-7(15)6-11(8)17/h1-6,13H,18H2. The Morgan fingerprint density at radius 3 is 2.50 bits per heavy atom. The average molecular weight is 424 g/mol. The fourth-order valence-electron chi connectivity index (χ4n) is 1.68. The maximum atomic E-state index is 13.9. The summed E-state index contributed by atoms with van der Waals surface area (Å²) in [6, 6.07) is 8.64. The molecule has 94 valence electrons. The number of halogens is 4. The molecule has 0 saturated heterocycles. The van der Waals surface area contributed by atoms with Crippen molar-refractivity contribution in [2.45, 2.75) is 6.04 Å². The lowest BCUT2D eigenvalue weighted by Crippen LogP contribution is -2.15. The van der Waals surface area contributed by atoms with Crippen LogP contribution in [0.3, 0.4) is 0 Å². The molecule has 0 heterocycles. The van der Waals surface area contributed by atoms with Crippen LogP contribution in [0.5, 0.6) is 0 Å². The van der Waals surface area contributed by atoms with Gasteiger partial charge in [-0.2, -0.15) is 0 Å². The van der Waals surface area contributed by atoms with Gasteiger partial charge in [-0.25, -0.2) is 8.78 Å². The summed E-state index contributed by atoms with van der Waals surface area (Å²) in [6.07, 6.45) is 0. The predicted octanol–water partition coefficient (Wildman–Crippen LogP) is 4.38. The first-order chi connectivity index (χ1) is 8.50. The lowest BCUT2D eigenvalue weighted by molar-refractivity contribution is 0.592. The van der Waals surface area contributed by atoms with Crippen LogP contribution in [0.1, 0.15) is 17.2 Å². The Labute approximate surface area is 126 Å². The van der Waals surface area contributed by atoms with Gasteiger partial charge in [0.25, 0.3) is 0 Å². The van der Waals surface area contributed by atoms with Gasteiger partial charge >= 0.3 is 0 Å². The lowest BCUT2D eigenvalue weighted by Gasteiger charge is -2.15. The highest BCUT2D eigenvalue weighted by molar-refractivity contribution is 14.1. The normalized spacial score (nSPS) is 12.5. The fourth-order valence-corrected chi connectivity index (χ4v) is 2.88. The van der Waals surface area contributed by atoms with Crippen LogP contribution >= 0.6 is 38.5 Å². The van der Waals surface area contributed by atoms with Crippen LogP contribution in [0.15, 0.2) is 40.9 Å². The fraction of sp³-hybridized carbons (Fsp3) is 0.0769. The molecule has 2 rings (SSSR count). The van der Waals surface area contributed by atoms with Crippen molar-refractivity contribution in [2.75, 3.05) is 0 Å². The van der Waals surface area contributed by atoms with Crippen molar-refractivity contribution in [1.82, 2.24) is 0 Å². The molecule has 0 spiro atoms. The Morgan fingerprint density at radius 2 is 1.83 bits per heavy atom. The molecule has 0 aliphatic heterocycles. The predicted molar refractivity (Wildman–Crippen MR) is 79.2 cm³/mol. The van der Waals surface area contributed by atoms with Crippen molar-refractivity contribution in [1.29, 1.82) is 0 Å². The zero-order chi connectivity index (χ0) is 13.3. The summed E-state index contributed by atoms with van der Waals surface area (Å²) in [5.74, 6) is -0.713. The summed E-state index contributed by atoms with van der Waals surface area (Å²) >= 11 is 5.12. The zero-order valence-corrected chi connectivity index (χ0v) is 12.9. The van der Waals surface area contributed by atoms with Gasteiger partial charge in [-0.1, -0.05) is 18.2 Å². The molecule has 1 unspecified atom stereocenters. The highest BCUT2D eigenvalue weighted by atomic mass is 127. The second-order valence-corrected chi connectivity index (χ2v) is 5.80. The van der Waals surface area contributed by atoms with Gasteiger partial charge in [0, 0.05) is 9.13 Å². The summed E-state index contributed by atoms with van der Waals surface area (Å²) in [5, 5.41) is 0. The number of hydrogen-bond acceptors (Lipinski definition) is 1. The van der Waals surface area contributed by atoms with E-state index in [1.165, 1.54) is 12.1 Å². The largest absolute Gasteiger partial charge is 0.320 e. The summed E-state index contributed by atoms with van der Waals surface area (Å²) in [6.45, 7) is 0. The maximum Gasteiger partial charge on any atom is 0.142 e. The molecule has 2 aromatic carbocycles. The highest BCUT2D eigenvalue weighted by Crippen LogP contribution is 2.29. The monoisotopic (exact) mass is 423 g/mol. The summed E-state index contributed by atoms with van der Waals surface area (Å²) in [7, 11) is 0. The van der Waals surface area contributed by atoms with Crippen molar-refractivity contribution in [2.24, 2.45) is 5.73 Å². The van der Waals surface area contributed by atoms with E-state index in [9.17, 15) is 8.78 Å². The summed E-state index contributed by atoms with van der Waals surface area (Å²) in [5.41, 5.74) is 7.13. The van der Waals surface area contributed by atoms with E-state index in [0.717, 1.165) is 0 Å². The quantitative estimate of drug-likeness (QED) is 0.712. The van der Waals surface area contributed by atoms with Crippen LogP contribution in [-0.2, 0) is 0 Å². The first-order valence-corrected chi connectivity index (χ1v) is 7.02. The van der Waals surface area contributed by atoms with E-state index in [1.54, 1.807) is 24.3 Å². The second kappa shape index (κ2) is 5.63. The summed E-state index contributed by atoms with van der Waals surface area (Å²) in [4.78, 5) is 0. The third-order valence-electron chi connectivity index (χ3n) is 2.61. The first kappa shape index (κ1) is 13.9. The van der Waals surface area contributed by atoms with Crippen molar-refractivity contribution >= 4 is 38.5 Å². The SMILES string of the molecule is NC(c1ccc(F)cc1I)c1cccc(Br)c1F. The van der Waals surface area contributed by atoms with Gasteiger partial charge in [-0.05, 0) is 62.3 Å². The minimum Gasteiger partial charge on any atom is -0.320 e. The topological polar surface area (TPSA) is 26.0 Å². The summed E-state index contributed by atoms with van der Waals surface area (Å²) < 4.78 is 28.0. The second-order valence-electron chi connectivity index (χ2n) is 3.79. The first-order valence-electron chi connectivity index (χ1n) is 5.15. The minimum atomic E-state index is -0.616. The maximum absolute atomic E-state index is 13.9. The van der Waals surface area contributed by atoms with Crippen LogP contribution in [-0.4, -0.2) is 0 Å². The Hall–Kier alpha value is -0.530. The van der Waals surface area contributed by atoms with Crippen LogP contribution < -0.4 is 5.73 Å². The van der Waals surface area contributed by atoms with Crippen LogP contribution in [0.4, 0.5) is 8.78 Å². The zero-order valence-electron chi connectivity index (χ0n) is 9.13. The van der Waals surface area contributed by atoms with Gasteiger partial charge in [-0.15, -0.1) is 0 Å². The third-order valence-corrected chi connectivity index (χ3v) is 4.16. The van der Waals surface area contributed by atoms with E-state index in [-0.39, 0.29) is 11.6 Å². The van der Waals surface area contributed by atoms with E-state index < -0.39 is 6.04 Å².